The summed E-state index contributed by atoms with van der Waals surface area (Å²) in [6.07, 6.45) is 7.57. The van der Waals surface area contributed by atoms with Gasteiger partial charge in [0, 0.05) is 13.1 Å². The van der Waals surface area contributed by atoms with Gasteiger partial charge in [0.1, 0.15) is 0 Å². The van der Waals surface area contributed by atoms with E-state index in [0.29, 0.717) is 18.4 Å². The molecule has 0 atom stereocenters. The molecule has 1 saturated heterocycles. The third-order valence-corrected chi connectivity index (χ3v) is 4.08. The van der Waals surface area contributed by atoms with Crippen molar-refractivity contribution in [1.29, 1.82) is 0 Å². The molecule has 1 aromatic heterocycles. The molecule has 0 aromatic carbocycles. The van der Waals surface area contributed by atoms with E-state index in [1.165, 1.54) is 4.74 Å². The number of nitrogens with zero attached hydrogens (tertiary/aromatic N) is 2. The smallest absolute Gasteiger partial charge is 0.327 e. The molecular formula is C16H26N2O3. The van der Waals surface area contributed by atoms with Crippen LogP contribution in [0.5, 0.6) is 0 Å². The number of unbranched alkanes of at least 4 members (excludes halogenated alkanes) is 2. The summed E-state index contributed by atoms with van der Waals surface area (Å²) < 4.78 is 6.54. The molecule has 1 amide bonds. The molecular weight excluding hydrogens is 268 g/mol. The topological polar surface area (TPSA) is 55.5 Å². The highest BCUT2D eigenvalue weighted by Crippen LogP contribution is 2.16. The molecule has 2 heterocycles. The first-order chi connectivity index (χ1) is 10.2. The van der Waals surface area contributed by atoms with Crippen molar-refractivity contribution in [3.05, 3.63) is 21.7 Å². The normalized spacial score (nSPS) is 14.9. The van der Waals surface area contributed by atoms with E-state index >= 15 is 0 Å². The number of aromatic nitrogens is 1. The Balaban J connectivity index is 2.25. The van der Waals surface area contributed by atoms with Crippen molar-refractivity contribution in [2.24, 2.45) is 0 Å². The minimum atomic E-state index is -0.331. The van der Waals surface area contributed by atoms with Gasteiger partial charge in [-0.3, -0.25) is 0 Å². The fourth-order valence-corrected chi connectivity index (χ4v) is 2.91. The van der Waals surface area contributed by atoms with E-state index in [1.54, 1.807) is 4.90 Å². The van der Waals surface area contributed by atoms with Crippen LogP contribution in [0.15, 0.2) is 9.32 Å². The zero-order valence-corrected chi connectivity index (χ0v) is 13.2. The number of likely N-dealkylation sites (tertiary alicyclic amines) is 1. The van der Waals surface area contributed by atoms with Crippen LogP contribution in [0.1, 0.15) is 63.6 Å². The Hall–Kier alpha value is -1.52. The molecule has 0 spiro atoms. The second-order valence-corrected chi connectivity index (χ2v) is 5.78. The lowest BCUT2D eigenvalue weighted by Crippen LogP contribution is -2.32. The molecule has 1 aliphatic heterocycles. The monoisotopic (exact) mass is 294 g/mol. The van der Waals surface area contributed by atoms with Crippen LogP contribution >= 0.6 is 0 Å². The third kappa shape index (κ3) is 3.57. The molecule has 0 aliphatic carbocycles. The van der Waals surface area contributed by atoms with Crippen molar-refractivity contribution in [3.63, 3.8) is 0 Å². The summed E-state index contributed by atoms with van der Waals surface area (Å²) in [5, 5.41) is 0. The highest BCUT2D eigenvalue weighted by atomic mass is 16.5. The van der Waals surface area contributed by atoms with Gasteiger partial charge in [-0.1, -0.05) is 33.1 Å². The molecule has 0 N–H and O–H groups in total. The maximum absolute atomic E-state index is 12.5. The van der Waals surface area contributed by atoms with Crippen LogP contribution in [0, 0.1) is 0 Å². The summed E-state index contributed by atoms with van der Waals surface area (Å²) >= 11 is 0. The van der Waals surface area contributed by atoms with Crippen molar-refractivity contribution in [1.82, 2.24) is 9.64 Å². The molecule has 2 rings (SSSR count). The van der Waals surface area contributed by atoms with Crippen molar-refractivity contribution in [2.75, 3.05) is 13.1 Å². The molecule has 0 unspecified atom stereocenters. The first-order valence-electron chi connectivity index (χ1n) is 8.22. The maximum atomic E-state index is 12.5. The minimum absolute atomic E-state index is 0.171. The average Bonchev–Trinajstić information content (AvgIpc) is 3.10. The second kappa shape index (κ2) is 7.48. The van der Waals surface area contributed by atoms with E-state index in [0.717, 1.165) is 57.3 Å². The lowest BCUT2D eigenvalue weighted by Gasteiger charge is -2.15. The van der Waals surface area contributed by atoms with Gasteiger partial charge in [-0.05, 0) is 32.1 Å². The number of hydrogen-bond acceptors (Lipinski definition) is 3. The quantitative estimate of drug-likeness (QED) is 0.757. The van der Waals surface area contributed by atoms with Gasteiger partial charge in [-0.15, -0.1) is 4.74 Å². The molecule has 0 saturated carbocycles. The predicted octanol–water partition coefficient (Wildman–Crippen LogP) is 3.19. The highest BCUT2D eigenvalue weighted by molar-refractivity contribution is 5.76. The lowest BCUT2D eigenvalue weighted by molar-refractivity contribution is 0.173. The molecule has 5 nitrogen and oxygen atoms in total. The van der Waals surface area contributed by atoms with Crippen molar-refractivity contribution in [2.45, 2.75) is 65.2 Å². The summed E-state index contributed by atoms with van der Waals surface area (Å²) in [5.74, 6) is 0. The Morgan fingerprint density at radius 3 is 2.43 bits per heavy atom. The third-order valence-electron chi connectivity index (χ3n) is 4.08. The molecule has 0 radical (unpaired) electrons. The zero-order valence-electron chi connectivity index (χ0n) is 13.2. The van der Waals surface area contributed by atoms with Crippen LogP contribution in [0.4, 0.5) is 4.79 Å². The Bertz CT molecular complexity index is 524. The van der Waals surface area contributed by atoms with E-state index < -0.39 is 0 Å². The zero-order chi connectivity index (χ0) is 15.2. The summed E-state index contributed by atoms with van der Waals surface area (Å²) in [4.78, 5) is 26.4. The van der Waals surface area contributed by atoms with Crippen molar-refractivity contribution in [3.8, 4) is 0 Å². The Kier molecular flexibility index (Phi) is 5.65. The maximum Gasteiger partial charge on any atom is 0.361 e. The molecule has 5 heteroatoms. The van der Waals surface area contributed by atoms with Crippen LogP contribution in [-0.2, 0) is 12.8 Å². The van der Waals surface area contributed by atoms with Gasteiger partial charge >= 0.3 is 11.7 Å². The molecule has 1 fully saturated rings. The summed E-state index contributed by atoms with van der Waals surface area (Å²) in [7, 11) is 0. The van der Waals surface area contributed by atoms with Gasteiger partial charge in [0.05, 0.1) is 11.3 Å². The van der Waals surface area contributed by atoms with Gasteiger partial charge in [0.2, 0.25) is 0 Å². The number of hydrogen-bond donors (Lipinski definition) is 0. The number of carbonyl (C=O) groups excluding carboxylic acids is 1. The summed E-state index contributed by atoms with van der Waals surface area (Å²) in [5.41, 5.74) is 1.16. The Morgan fingerprint density at radius 1 is 1.10 bits per heavy atom. The van der Waals surface area contributed by atoms with Gasteiger partial charge < -0.3 is 9.42 Å². The summed E-state index contributed by atoms with van der Waals surface area (Å²) in [6, 6.07) is -0.171. The molecule has 21 heavy (non-hydrogen) atoms. The molecule has 1 aromatic rings. The fraction of sp³-hybridized carbons (Fsp3) is 0.750. The summed E-state index contributed by atoms with van der Waals surface area (Å²) in [6.45, 7) is 5.71. The molecule has 1 aliphatic rings. The van der Waals surface area contributed by atoms with Gasteiger partial charge in [0.25, 0.3) is 0 Å². The predicted molar refractivity (Wildman–Crippen MR) is 81.8 cm³/mol. The lowest BCUT2D eigenvalue weighted by atomic mass is 10.1. The van der Waals surface area contributed by atoms with E-state index in [-0.39, 0.29) is 11.7 Å². The molecule has 118 valence electrons. The standard InChI is InChI=1S/C16H26N2O3/c1-3-5-6-10-13-14(9-4-2)18(21-15(13)19)16(20)17-11-7-8-12-17/h3-12H2,1-2H3. The van der Waals surface area contributed by atoms with E-state index in [2.05, 4.69) is 13.8 Å². The van der Waals surface area contributed by atoms with Gasteiger partial charge in [0.15, 0.2) is 0 Å². The van der Waals surface area contributed by atoms with Gasteiger partial charge in [-0.25, -0.2) is 9.59 Å². The van der Waals surface area contributed by atoms with Crippen LogP contribution in [0.2, 0.25) is 0 Å². The van der Waals surface area contributed by atoms with E-state index in [1.807, 2.05) is 0 Å². The Labute approximate surface area is 125 Å². The second-order valence-electron chi connectivity index (χ2n) is 5.78. The van der Waals surface area contributed by atoms with Crippen LogP contribution in [0.3, 0.4) is 0 Å². The largest absolute Gasteiger partial charge is 0.361 e. The first-order valence-corrected chi connectivity index (χ1v) is 8.22. The highest BCUT2D eigenvalue weighted by Gasteiger charge is 2.26. The van der Waals surface area contributed by atoms with Gasteiger partial charge in [-0.2, -0.15) is 0 Å². The number of amides is 1. The number of carbonyl (C=O) groups is 1. The van der Waals surface area contributed by atoms with Crippen LogP contribution < -0.4 is 5.63 Å². The fourth-order valence-electron chi connectivity index (χ4n) is 2.91. The molecule has 0 bridgehead atoms. The van der Waals surface area contributed by atoms with Crippen LogP contribution in [0.25, 0.3) is 0 Å². The van der Waals surface area contributed by atoms with Crippen molar-refractivity contribution < 1.29 is 9.32 Å². The van der Waals surface area contributed by atoms with E-state index in [9.17, 15) is 9.59 Å². The Morgan fingerprint density at radius 2 is 1.81 bits per heavy atom. The van der Waals surface area contributed by atoms with E-state index in [4.69, 9.17) is 4.52 Å². The SMILES string of the molecule is CCCCCc1c(CCC)n(C(=O)N2CCCC2)oc1=O. The number of rotatable bonds is 6. The average molecular weight is 294 g/mol. The van der Waals surface area contributed by atoms with Crippen molar-refractivity contribution >= 4 is 6.03 Å². The van der Waals surface area contributed by atoms with Crippen LogP contribution in [-0.4, -0.2) is 28.8 Å². The first kappa shape index (κ1) is 15.9. The minimum Gasteiger partial charge on any atom is -0.327 e.